The van der Waals surface area contributed by atoms with Crippen molar-refractivity contribution < 1.29 is 9.47 Å². The highest BCUT2D eigenvalue weighted by molar-refractivity contribution is 5.38. The number of fused-ring (bicyclic) bond motifs is 1. The minimum atomic E-state index is -0.181. The number of methoxy groups -OCH3 is 2. The lowest BCUT2D eigenvalue weighted by Gasteiger charge is -2.36. The Morgan fingerprint density at radius 1 is 1.31 bits per heavy atom. The molecule has 1 aliphatic rings. The lowest BCUT2D eigenvalue weighted by atomic mass is 9.80. The first-order valence-corrected chi connectivity index (χ1v) is 5.64. The van der Waals surface area contributed by atoms with Crippen molar-refractivity contribution >= 4 is 0 Å². The summed E-state index contributed by atoms with van der Waals surface area (Å²) < 4.78 is 10.8. The third-order valence-corrected chi connectivity index (χ3v) is 3.58. The van der Waals surface area contributed by atoms with Gasteiger partial charge in [-0.15, -0.1) is 0 Å². The van der Waals surface area contributed by atoms with Gasteiger partial charge < -0.3 is 15.2 Å². The number of hydrogen-bond acceptors (Lipinski definition) is 3. The summed E-state index contributed by atoms with van der Waals surface area (Å²) in [6.07, 6.45) is 2.91. The quantitative estimate of drug-likeness (QED) is 0.841. The lowest BCUT2D eigenvalue weighted by molar-refractivity contribution is -0.0135. The van der Waals surface area contributed by atoms with Gasteiger partial charge in [0.25, 0.3) is 0 Å². The summed E-state index contributed by atoms with van der Waals surface area (Å²) in [6.45, 7) is 0.570. The van der Waals surface area contributed by atoms with Crippen LogP contribution in [0.25, 0.3) is 0 Å². The van der Waals surface area contributed by atoms with Crippen molar-refractivity contribution in [3.05, 3.63) is 29.3 Å². The van der Waals surface area contributed by atoms with Gasteiger partial charge in [-0.3, -0.25) is 0 Å². The zero-order valence-corrected chi connectivity index (χ0v) is 9.95. The Morgan fingerprint density at radius 3 is 2.75 bits per heavy atom. The topological polar surface area (TPSA) is 44.5 Å². The third-order valence-electron chi connectivity index (χ3n) is 3.58. The van der Waals surface area contributed by atoms with Crippen molar-refractivity contribution in [3.8, 4) is 5.75 Å². The number of ether oxygens (including phenoxy) is 2. The molecule has 2 rings (SSSR count). The zero-order valence-electron chi connectivity index (χ0n) is 9.95. The van der Waals surface area contributed by atoms with Crippen LogP contribution in [-0.2, 0) is 17.6 Å². The van der Waals surface area contributed by atoms with Gasteiger partial charge in [-0.25, -0.2) is 0 Å². The first kappa shape index (κ1) is 11.4. The second-order valence-corrected chi connectivity index (χ2v) is 4.40. The van der Waals surface area contributed by atoms with E-state index in [9.17, 15) is 0 Å². The van der Waals surface area contributed by atoms with Crippen LogP contribution in [0.5, 0.6) is 5.75 Å². The van der Waals surface area contributed by atoms with Crippen LogP contribution in [0.3, 0.4) is 0 Å². The largest absolute Gasteiger partial charge is 0.497 e. The fraction of sp³-hybridized carbons (Fsp3) is 0.538. The molecule has 0 spiro atoms. The van der Waals surface area contributed by atoms with Crippen LogP contribution in [0.2, 0.25) is 0 Å². The molecule has 0 radical (unpaired) electrons. The molecule has 0 aliphatic heterocycles. The van der Waals surface area contributed by atoms with Gasteiger partial charge in [-0.2, -0.15) is 0 Å². The predicted octanol–water partition coefficient (Wildman–Crippen LogP) is 1.53. The molecule has 0 saturated carbocycles. The maximum atomic E-state index is 5.82. The molecule has 0 aromatic heterocycles. The summed E-state index contributed by atoms with van der Waals surface area (Å²) in [4.78, 5) is 0. The summed E-state index contributed by atoms with van der Waals surface area (Å²) in [6, 6.07) is 6.25. The summed E-state index contributed by atoms with van der Waals surface area (Å²) in [7, 11) is 3.44. The van der Waals surface area contributed by atoms with Crippen LogP contribution in [0, 0.1) is 0 Å². The van der Waals surface area contributed by atoms with Gasteiger partial charge >= 0.3 is 0 Å². The molecule has 3 heteroatoms. The van der Waals surface area contributed by atoms with Crippen molar-refractivity contribution in [2.24, 2.45) is 5.73 Å². The summed E-state index contributed by atoms with van der Waals surface area (Å²) >= 11 is 0. The summed E-state index contributed by atoms with van der Waals surface area (Å²) in [5.74, 6) is 0.905. The maximum absolute atomic E-state index is 5.82. The average Bonchev–Trinajstić information content (AvgIpc) is 2.37. The van der Waals surface area contributed by atoms with E-state index in [0.717, 1.165) is 25.0 Å². The van der Waals surface area contributed by atoms with Gasteiger partial charge in [-0.1, -0.05) is 6.07 Å². The molecule has 16 heavy (non-hydrogen) atoms. The second kappa shape index (κ2) is 4.44. The van der Waals surface area contributed by atoms with Crippen molar-refractivity contribution in [2.45, 2.75) is 24.9 Å². The Hall–Kier alpha value is -1.06. The van der Waals surface area contributed by atoms with E-state index in [0.29, 0.717) is 6.54 Å². The number of hydrogen-bond donors (Lipinski definition) is 1. The molecule has 0 amide bonds. The number of aryl methyl sites for hydroxylation is 1. The highest BCUT2D eigenvalue weighted by Crippen LogP contribution is 2.32. The van der Waals surface area contributed by atoms with E-state index in [1.54, 1.807) is 14.2 Å². The normalized spacial score (nSPS) is 23.9. The van der Waals surface area contributed by atoms with Gasteiger partial charge in [0, 0.05) is 20.1 Å². The fourth-order valence-corrected chi connectivity index (χ4v) is 2.37. The number of rotatable bonds is 3. The molecule has 1 aromatic carbocycles. The number of nitrogens with two attached hydrogens (primary N) is 1. The Labute approximate surface area is 96.5 Å². The fourth-order valence-electron chi connectivity index (χ4n) is 2.37. The molecule has 1 unspecified atom stereocenters. The third kappa shape index (κ3) is 1.93. The standard InChI is InChI=1S/C13H19NO2/c1-15-12-4-3-10-5-6-13(9-14,16-2)8-11(10)7-12/h3-4,7H,5-6,8-9,14H2,1-2H3. The van der Waals surface area contributed by atoms with Crippen LogP contribution >= 0.6 is 0 Å². The molecule has 1 atom stereocenters. The summed E-state index contributed by atoms with van der Waals surface area (Å²) in [5.41, 5.74) is 8.33. The van der Waals surface area contributed by atoms with Gasteiger partial charge in [0.2, 0.25) is 0 Å². The predicted molar refractivity (Wildman–Crippen MR) is 63.8 cm³/mol. The molecule has 0 heterocycles. The molecule has 0 saturated heterocycles. The van der Waals surface area contributed by atoms with Crippen molar-refractivity contribution in [2.75, 3.05) is 20.8 Å². The minimum absolute atomic E-state index is 0.181. The molecule has 2 N–H and O–H groups in total. The molecule has 3 nitrogen and oxygen atoms in total. The second-order valence-electron chi connectivity index (χ2n) is 4.40. The van der Waals surface area contributed by atoms with Crippen LogP contribution in [-0.4, -0.2) is 26.4 Å². The van der Waals surface area contributed by atoms with Crippen molar-refractivity contribution in [3.63, 3.8) is 0 Å². The van der Waals surface area contributed by atoms with E-state index in [-0.39, 0.29) is 5.60 Å². The molecule has 1 aliphatic carbocycles. The molecule has 0 bridgehead atoms. The van der Waals surface area contributed by atoms with Crippen LogP contribution in [0.1, 0.15) is 17.5 Å². The molecule has 88 valence electrons. The Morgan fingerprint density at radius 2 is 2.12 bits per heavy atom. The van der Waals surface area contributed by atoms with Crippen molar-refractivity contribution in [1.82, 2.24) is 0 Å². The molecular formula is C13H19NO2. The van der Waals surface area contributed by atoms with E-state index in [1.165, 1.54) is 11.1 Å². The Bertz CT molecular complexity index is 372. The van der Waals surface area contributed by atoms with Gasteiger partial charge in [0.05, 0.1) is 12.7 Å². The number of benzene rings is 1. The Kier molecular flexibility index (Phi) is 3.17. The van der Waals surface area contributed by atoms with Gasteiger partial charge in [-0.05, 0) is 36.1 Å². The summed E-state index contributed by atoms with van der Waals surface area (Å²) in [5, 5.41) is 0. The van der Waals surface area contributed by atoms with Crippen LogP contribution < -0.4 is 10.5 Å². The maximum Gasteiger partial charge on any atom is 0.119 e. The SMILES string of the molecule is COc1ccc2c(c1)CC(CN)(OC)CC2. The smallest absolute Gasteiger partial charge is 0.119 e. The highest BCUT2D eigenvalue weighted by Gasteiger charge is 2.33. The zero-order chi connectivity index (χ0) is 11.6. The van der Waals surface area contributed by atoms with Crippen molar-refractivity contribution in [1.29, 1.82) is 0 Å². The van der Waals surface area contributed by atoms with E-state index in [2.05, 4.69) is 12.1 Å². The lowest BCUT2D eigenvalue weighted by Crippen LogP contribution is -2.44. The first-order chi connectivity index (χ1) is 7.73. The van der Waals surface area contributed by atoms with Gasteiger partial charge in [0.15, 0.2) is 0 Å². The van der Waals surface area contributed by atoms with Crippen LogP contribution in [0.4, 0.5) is 0 Å². The average molecular weight is 221 g/mol. The highest BCUT2D eigenvalue weighted by atomic mass is 16.5. The van der Waals surface area contributed by atoms with E-state index in [4.69, 9.17) is 15.2 Å². The Balaban J connectivity index is 2.30. The molecule has 1 aromatic rings. The van der Waals surface area contributed by atoms with E-state index in [1.807, 2.05) is 6.07 Å². The molecule has 0 fully saturated rings. The van der Waals surface area contributed by atoms with Gasteiger partial charge in [0.1, 0.15) is 5.75 Å². The monoisotopic (exact) mass is 221 g/mol. The molecular weight excluding hydrogens is 202 g/mol. The minimum Gasteiger partial charge on any atom is -0.497 e. The van der Waals surface area contributed by atoms with E-state index < -0.39 is 0 Å². The van der Waals surface area contributed by atoms with Crippen LogP contribution in [0.15, 0.2) is 18.2 Å². The van der Waals surface area contributed by atoms with E-state index >= 15 is 0 Å². The first-order valence-electron chi connectivity index (χ1n) is 5.64.